The third-order valence-electron chi connectivity index (χ3n) is 7.07. The van der Waals surface area contributed by atoms with E-state index in [0.717, 1.165) is 59.3 Å². The molecule has 0 N–H and O–H groups in total. The zero-order valence-electron chi connectivity index (χ0n) is 21.2. The minimum absolute atomic E-state index is 0.117. The second-order valence-electron chi connectivity index (χ2n) is 9.55. The van der Waals surface area contributed by atoms with Crippen molar-refractivity contribution in [3.63, 3.8) is 0 Å². The van der Waals surface area contributed by atoms with E-state index in [2.05, 4.69) is 51.2 Å². The highest BCUT2D eigenvalue weighted by atomic mass is 19.1. The fourth-order valence-electron chi connectivity index (χ4n) is 5.04. The number of aromatic nitrogens is 4. The summed E-state index contributed by atoms with van der Waals surface area (Å²) in [7, 11) is 5.20. The lowest BCUT2D eigenvalue weighted by Crippen LogP contribution is -2.38. The number of ether oxygens (including phenoxy) is 2. The number of methoxy groups -OCH3 is 2. The first-order valence-corrected chi connectivity index (χ1v) is 12.3. The van der Waals surface area contributed by atoms with Gasteiger partial charge < -0.3 is 14.4 Å². The van der Waals surface area contributed by atoms with E-state index in [1.54, 1.807) is 14.2 Å². The van der Waals surface area contributed by atoms with Crippen molar-refractivity contribution in [3.05, 3.63) is 71.0 Å². The number of alkyl halides is 1. The SMILES string of the molecule is COc1ccc(CCc2cc(-n3ncc4cc(C)c(C5CCN(C)CC5F)cc43)nc(OC)n2)cc1. The number of aryl methyl sites for hydroxylation is 3. The Morgan fingerprint density at radius 3 is 2.56 bits per heavy atom. The third-order valence-corrected chi connectivity index (χ3v) is 7.07. The number of hydrogen-bond acceptors (Lipinski definition) is 6. The lowest BCUT2D eigenvalue weighted by Gasteiger charge is -2.33. The van der Waals surface area contributed by atoms with Gasteiger partial charge in [-0.1, -0.05) is 12.1 Å². The second kappa shape index (κ2) is 10.2. The van der Waals surface area contributed by atoms with Crippen LogP contribution in [0.2, 0.25) is 0 Å². The van der Waals surface area contributed by atoms with Gasteiger partial charge in [0, 0.05) is 23.9 Å². The van der Waals surface area contributed by atoms with Crippen LogP contribution < -0.4 is 9.47 Å². The lowest BCUT2D eigenvalue weighted by atomic mass is 9.85. The van der Waals surface area contributed by atoms with Crippen molar-refractivity contribution in [3.8, 4) is 17.6 Å². The van der Waals surface area contributed by atoms with Gasteiger partial charge in [0.1, 0.15) is 11.9 Å². The van der Waals surface area contributed by atoms with Crippen molar-refractivity contribution < 1.29 is 13.9 Å². The van der Waals surface area contributed by atoms with Crippen molar-refractivity contribution in [1.82, 2.24) is 24.6 Å². The van der Waals surface area contributed by atoms with E-state index in [-0.39, 0.29) is 5.92 Å². The van der Waals surface area contributed by atoms with Gasteiger partial charge in [0.25, 0.3) is 0 Å². The third kappa shape index (κ3) is 4.91. The molecule has 5 rings (SSSR count). The molecule has 7 nitrogen and oxygen atoms in total. The molecule has 2 aromatic carbocycles. The van der Waals surface area contributed by atoms with Crippen molar-refractivity contribution in [2.45, 2.75) is 38.3 Å². The van der Waals surface area contributed by atoms with E-state index < -0.39 is 6.17 Å². The Labute approximate surface area is 210 Å². The summed E-state index contributed by atoms with van der Waals surface area (Å²) in [5.74, 6) is 1.36. The average Bonchev–Trinajstić information content (AvgIpc) is 3.30. The van der Waals surface area contributed by atoms with Crippen molar-refractivity contribution in [2.24, 2.45) is 0 Å². The number of rotatable bonds is 7. The van der Waals surface area contributed by atoms with E-state index in [9.17, 15) is 0 Å². The van der Waals surface area contributed by atoms with Gasteiger partial charge in [-0.15, -0.1) is 0 Å². The lowest BCUT2D eigenvalue weighted by molar-refractivity contribution is 0.139. The first kappa shape index (κ1) is 24.2. The molecule has 1 fully saturated rings. The average molecular weight is 490 g/mol. The fraction of sp³-hybridized carbons (Fsp3) is 0.393. The Bertz CT molecular complexity index is 1350. The number of halogens is 1. The number of hydrogen-bond donors (Lipinski definition) is 0. The standard InChI is InChI=1S/C28H32FN5O2/c1-18-13-20-16-30-34(26(20)15-24(18)23-11-12-33(2)17-25(23)29)27-14-21(31-28(32-27)36-4)8-5-19-6-9-22(35-3)10-7-19/h6-7,9-10,13-16,23,25H,5,8,11-12,17H2,1-4H3. The predicted molar refractivity (Wildman–Crippen MR) is 138 cm³/mol. The molecule has 0 bridgehead atoms. The van der Waals surface area contributed by atoms with E-state index >= 15 is 4.39 Å². The molecule has 3 heterocycles. The first-order valence-electron chi connectivity index (χ1n) is 12.3. The van der Waals surface area contributed by atoms with Gasteiger partial charge in [-0.05, 0) is 80.7 Å². The Hall–Kier alpha value is -3.52. The molecule has 0 radical (unpaired) electrons. The number of benzene rings is 2. The number of fused-ring (bicyclic) bond motifs is 1. The topological polar surface area (TPSA) is 65.3 Å². The molecular formula is C28H32FN5O2. The summed E-state index contributed by atoms with van der Waals surface area (Å²) in [5.41, 5.74) is 5.11. The number of nitrogens with zero attached hydrogens (tertiary/aromatic N) is 5. The molecule has 8 heteroatoms. The van der Waals surface area contributed by atoms with Crippen molar-refractivity contribution in [2.75, 3.05) is 34.4 Å². The molecule has 0 amide bonds. The highest BCUT2D eigenvalue weighted by molar-refractivity contribution is 5.82. The van der Waals surface area contributed by atoms with Gasteiger partial charge in [0.05, 0.1) is 31.6 Å². The smallest absolute Gasteiger partial charge is 0.318 e. The van der Waals surface area contributed by atoms with Crippen LogP contribution in [0.4, 0.5) is 4.39 Å². The molecule has 1 aliphatic heterocycles. The van der Waals surface area contributed by atoms with E-state index in [1.807, 2.05) is 36.1 Å². The van der Waals surface area contributed by atoms with Crippen LogP contribution in [-0.2, 0) is 12.8 Å². The Morgan fingerprint density at radius 1 is 1.03 bits per heavy atom. The quantitative estimate of drug-likeness (QED) is 0.376. The molecule has 0 spiro atoms. The van der Waals surface area contributed by atoms with Crippen molar-refractivity contribution in [1.29, 1.82) is 0 Å². The van der Waals surface area contributed by atoms with Gasteiger partial charge in [0.2, 0.25) is 0 Å². The van der Waals surface area contributed by atoms with Crippen LogP contribution in [0.3, 0.4) is 0 Å². The van der Waals surface area contributed by atoms with Gasteiger partial charge in [-0.2, -0.15) is 10.1 Å². The molecule has 1 saturated heterocycles. The summed E-state index contributed by atoms with van der Waals surface area (Å²) < 4.78 is 27.5. The molecule has 188 valence electrons. The zero-order chi connectivity index (χ0) is 25.2. The van der Waals surface area contributed by atoms with Crippen LogP contribution in [0, 0.1) is 6.92 Å². The highest BCUT2D eigenvalue weighted by Gasteiger charge is 2.30. The Kier molecular flexibility index (Phi) is 6.87. The monoisotopic (exact) mass is 489 g/mol. The van der Waals surface area contributed by atoms with E-state index in [0.29, 0.717) is 18.4 Å². The van der Waals surface area contributed by atoms with Gasteiger partial charge in [-0.3, -0.25) is 0 Å². The summed E-state index contributed by atoms with van der Waals surface area (Å²) in [5, 5.41) is 5.63. The van der Waals surface area contributed by atoms with Gasteiger partial charge in [0.15, 0.2) is 5.82 Å². The van der Waals surface area contributed by atoms with E-state index in [4.69, 9.17) is 9.47 Å². The number of piperidine rings is 1. The maximum absolute atomic E-state index is 15.0. The van der Waals surface area contributed by atoms with Crippen LogP contribution in [-0.4, -0.2) is 65.2 Å². The molecular weight excluding hydrogens is 457 g/mol. The van der Waals surface area contributed by atoms with Crippen LogP contribution in [0.5, 0.6) is 11.8 Å². The molecule has 2 atom stereocenters. The van der Waals surface area contributed by atoms with Crippen molar-refractivity contribution >= 4 is 10.9 Å². The molecule has 2 aromatic heterocycles. The predicted octanol–water partition coefficient (Wildman–Crippen LogP) is 4.68. The zero-order valence-corrected chi connectivity index (χ0v) is 21.2. The first-order chi connectivity index (χ1) is 17.4. The Morgan fingerprint density at radius 2 is 1.83 bits per heavy atom. The summed E-state index contributed by atoms with van der Waals surface area (Å²) in [4.78, 5) is 11.2. The van der Waals surface area contributed by atoms with Crippen LogP contribution in [0.25, 0.3) is 16.7 Å². The molecule has 0 aliphatic carbocycles. The van der Waals surface area contributed by atoms with Crippen LogP contribution >= 0.6 is 0 Å². The largest absolute Gasteiger partial charge is 0.497 e. The maximum Gasteiger partial charge on any atom is 0.318 e. The van der Waals surface area contributed by atoms with E-state index in [1.165, 1.54) is 5.56 Å². The minimum atomic E-state index is -0.889. The molecule has 1 aliphatic rings. The molecule has 36 heavy (non-hydrogen) atoms. The van der Waals surface area contributed by atoms with Crippen LogP contribution in [0.15, 0.2) is 48.7 Å². The van der Waals surface area contributed by atoms with Crippen LogP contribution in [0.1, 0.15) is 34.7 Å². The fourth-order valence-corrected chi connectivity index (χ4v) is 5.04. The number of likely N-dealkylation sites (tertiary alicyclic amines) is 1. The van der Waals surface area contributed by atoms with Gasteiger partial charge in [-0.25, -0.2) is 14.1 Å². The maximum atomic E-state index is 15.0. The minimum Gasteiger partial charge on any atom is -0.497 e. The molecule has 0 saturated carbocycles. The Balaban J connectivity index is 1.47. The second-order valence-corrected chi connectivity index (χ2v) is 9.55. The highest BCUT2D eigenvalue weighted by Crippen LogP contribution is 2.35. The summed E-state index contributed by atoms with van der Waals surface area (Å²) >= 11 is 0. The van der Waals surface area contributed by atoms with Gasteiger partial charge >= 0.3 is 6.01 Å². The summed E-state index contributed by atoms with van der Waals surface area (Å²) in [6, 6.07) is 14.5. The summed E-state index contributed by atoms with van der Waals surface area (Å²) in [6.07, 6.45) is 3.29. The molecule has 2 unspecified atom stereocenters. The normalized spacial score (nSPS) is 18.5. The summed E-state index contributed by atoms with van der Waals surface area (Å²) in [6.45, 7) is 3.41. The molecule has 4 aromatic rings.